The molecule has 0 radical (unpaired) electrons. The monoisotopic (exact) mass is 214 g/mol. The summed E-state index contributed by atoms with van der Waals surface area (Å²) < 4.78 is 0. The van der Waals surface area contributed by atoms with Crippen molar-refractivity contribution in [1.29, 1.82) is 5.26 Å². The first-order valence-electron chi connectivity index (χ1n) is 4.58. The third-order valence-electron chi connectivity index (χ3n) is 2.27. The van der Waals surface area contributed by atoms with E-state index in [1.807, 2.05) is 24.3 Å². The Morgan fingerprint density at radius 2 is 2.07 bits per heavy atom. The summed E-state index contributed by atoms with van der Waals surface area (Å²) in [6, 6.07) is 12.1. The lowest BCUT2D eigenvalue weighted by molar-refractivity contribution is 1.48. The fourth-order valence-electron chi connectivity index (χ4n) is 1.47. The van der Waals surface area contributed by atoms with Gasteiger partial charge in [-0.25, -0.2) is 0 Å². The van der Waals surface area contributed by atoms with Gasteiger partial charge in [0, 0.05) is 4.88 Å². The number of hydrogen-bond acceptors (Lipinski definition) is 3. The second-order valence-corrected chi connectivity index (χ2v) is 4.37. The molecule has 1 aromatic carbocycles. The van der Waals surface area contributed by atoms with E-state index in [9.17, 15) is 0 Å². The van der Waals surface area contributed by atoms with Gasteiger partial charge in [0.15, 0.2) is 0 Å². The van der Waals surface area contributed by atoms with Gasteiger partial charge in [-0.05, 0) is 24.1 Å². The Bertz CT molecular complexity index is 535. The van der Waals surface area contributed by atoms with Crippen LogP contribution in [0.25, 0.3) is 10.4 Å². The number of aryl methyl sites for hydroxylation is 1. The van der Waals surface area contributed by atoms with Crippen LogP contribution < -0.4 is 5.73 Å². The molecule has 0 amide bonds. The third kappa shape index (κ3) is 1.72. The first-order valence-corrected chi connectivity index (χ1v) is 5.39. The van der Waals surface area contributed by atoms with E-state index >= 15 is 0 Å². The summed E-state index contributed by atoms with van der Waals surface area (Å²) in [4.78, 5) is 1.65. The normalized spacial score (nSPS) is 9.87. The van der Waals surface area contributed by atoms with Crippen LogP contribution in [0.1, 0.15) is 10.4 Å². The van der Waals surface area contributed by atoms with E-state index in [-0.39, 0.29) is 0 Å². The summed E-state index contributed by atoms with van der Waals surface area (Å²) in [7, 11) is 0. The second-order valence-electron chi connectivity index (χ2n) is 3.32. The van der Waals surface area contributed by atoms with Gasteiger partial charge in [0.05, 0.1) is 5.69 Å². The van der Waals surface area contributed by atoms with Gasteiger partial charge in [0.2, 0.25) is 0 Å². The minimum Gasteiger partial charge on any atom is -0.397 e. The van der Waals surface area contributed by atoms with Crippen LogP contribution in [0.5, 0.6) is 0 Å². The molecule has 0 unspecified atom stereocenters. The van der Waals surface area contributed by atoms with Crippen molar-refractivity contribution in [1.82, 2.24) is 0 Å². The highest BCUT2D eigenvalue weighted by Crippen LogP contribution is 2.34. The maximum Gasteiger partial charge on any atom is 0.128 e. The van der Waals surface area contributed by atoms with E-state index in [4.69, 9.17) is 11.0 Å². The molecule has 0 saturated carbocycles. The van der Waals surface area contributed by atoms with Gasteiger partial charge in [0.1, 0.15) is 10.9 Å². The first kappa shape index (κ1) is 9.75. The fourth-order valence-corrected chi connectivity index (χ4v) is 2.44. The molecular formula is C12H10N2S. The first-order chi connectivity index (χ1) is 7.22. The molecule has 74 valence electrons. The number of benzene rings is 1. The molecule has 2 aromatic rings. The molecular weight excluding hydrogens is 204 g/mol. The zero-order valence-electron chi connectivity index (χ0n) is 8.32. The third-order valence-corrected chi connectivity index (χ3v) is 3.36. The summed E-state index contributed by atoms with van der Waals surface area (Å²) in [5.74, 6) is 0. The van der Waals surface area contributed by atoms with E-state index in [2.05, 4.69) is 19.1 Å². The average Bonchev–Trinajstić information content (AvgIpc) is 2.60. The minimum absolute atomic E-state index is 0.570. The highest BCUT2D eigenvalue weighted by atomic mass is 32.1. The zero-order valence-corrected chi connectivity index (χ0v) is 9.14. The van der Waals surface area contributed by atoms with E-state index in [0.717, 1.165) is 10.4 Å². The topological polar surface area (TPSA) is 49.8 Å². The van der Waals surface area contributed by atoms with Gasteiger partial charge < -0.3 is 5.73 Å². The van der Waals surface area contributed by atoms with E-state index in [0.29, 0.717) is 10.6 Å². The second kappa shape index (κ2) is 3.76. The lowest BCUT2D eigenvalue weighted by atomic mass is 10.1. The fraction of sp³-hybridized carbons (Fsp3) is 0.0833. The van der Waals surface area contributed by atoms with Crippen molar-refractivity contribution >= 4 is 17.0 Å². The van der Waals surface area contributed by atoms with Crippen LogP contribution in [0, 0.1) is 18.3 Å². The van der Waals surface area contributed by atoms with Crippen molar-refractivity contribution < 1.29 is 0 Å². The molecule has 0 bridgehead atoms. The van der Waals surface area contributed by atoms with Gasteiger partial charge in [0.25, 0.3) is 0 Å². The van der Waals surface area contributed by atoms with Crippen molar-refractivity contribution in [3.8, 4) is 16.5 Å². The molecule has 2 nitrogen and oxygen atoms in total. The van der Waals surface area contributed by atoms with Crippen LogP contribution in [-0.4, -0.2) is 0 Å². The van der Waals surface area contributed by atoms with Crippen molar-refractivity contribution in [2.45, 2.75) is 6.92 Å². The van der Waals surface area contributed by atoms with Crippen LogP contribution >= 0.6 is 11.3 Å². The highest BCUT2D eigenvalue weighted by molar-refractivity contribution is 7.16. The molecule has 0 aliphatic rings. The predicted octanol–water partition coefficient (Wildman–Crippen LogP) is 3.18. The van der Waals surface area contributed by atoms with Crippen molar-refractivity contribution in [2.75, 3.05) is 5.73 Å². The molecule has 0 atom stereocenters. The lowest BCUT2D eigenvalue weighted by Gasteiger charge is -2.00. The molecule has 15 heavy (non-hydrogen) atoms. The Labute approximate surface area is 92.6 Å². The summed E-state index contributed by atoms with van der Waals surface area (Å²) in [6.07, 6.45) is 0. The number of nitrogens with two attached hydrogens (primary N) is 1. The molecule has 0 aliphatic carbocycles. The number of nitrogen functional groups attached to an aromatic ring is 1. The van der Waals surface area contributed by atoms with Gasteiger partial charge in [-0.1, -0.05) is 24.3 Å². The van der Waals surface area contributed by atoms with Crippen molar-refractivity contribution in [2.24, 2.45) is 0 Å². The van der Waals surface area contributed by atoms with E-state index in [1.165, 1.54) is 16.9 Å². The van der Waals surface area contributed by atoms with Gasteiger partial charge in [-0.2, -0.15) is 5.26 Å². The molecule has 1 heterocycles. The van der Waals surface area contributed by atoms with E-state index < -0.39 is 0 Å². The maximum absolute atomic E-state index is 8.83. The molecule has 1 aromatic heterocycles. The number of nitriles is 1. The largest absolute Gasteiger partial charge is 0.397 e. The standard InChI is InChI=1S/C12H10N2S/c1-8-4-2-3-5-9(8)11-6-10(14)12(7-13)15-11/h2-6H,14H2,1H3. The molecule has 0 aliphatic heterocycles. The van der Waals surface area contributed by atoms with E-state index in [1.54, 1.807) is 0 Å². The van der Waals surface area contributed by atoms with Crippen molar-refractivity contribution in [3.63, 3.8) is 0 Å². The van der Waals surface area contributed by atoms with Gasteiger partial charge >= 0.3 is 0 Å². The summed E-state index contributed by atoms with van der Waals surface area (Å²) in [5, 5.41) is 8.83. The Balaban J connectivity index is 2.56. The number of hydrogen-bond donors (Lipinski definition) is 1. The van der Waals surface area contributed by atoms with Gasteiger partial charge in [-0.3, -0.25) is 0 Å². The van der Waals surface area contributed by atoms with Crippen LogP contribution in [0.15, 0.2) is 30.3 Å². The SMILES string of the molecule is Cc1ccccc1-c1cc(N)c(C#N)s1. The molecule has 2 N–H and O–H groups in total. The smallest absolute Gasteiger partial charge is 0.128 e. The summed E-state index contributed by atoms with van der Waals surface area (Å²) in [5.41, 5.74) is 8.64. The lowest BCUT2D eigenvalue weighted by Crippen LogP contribution is -1.82. The average molecular weight is 214 g/mol. The quantitative estimate of drug-likeness (QED) is 0.792. The van der Waals surface area contributed by atoms with Crippen LogP contribution in [0.4, 0.5) is 5.69 Å². The van der Waals surface area contributed by atoms with Gasteiger partial charge in [-0.15, -0.1) is 11.3 Å². The van der Waals surface area contributed by atoms with Crippen molar-refractivity contribution in [3.05, 3.63) is 40.8 Å². The van der Waals surface area contributed by atoms with Crippen LogP contribution in [-0.2, 0) is 0 Å². The minimum atomic E-state index is 0.570. The Morgan fingerprint density at radius 3 is 2.67 bits per heavy atom. The number of nitrogens with zero attached hydrogens (tertiary/aromatic N) is 1. The molecule has 2 rings (SSSR count). The molecule has 0 saturated heterocycles. The number of anilines is 1. The Hall–Kier alpha value is -1.79. The van der Waals surface area contributed by atoms with Crippen LogP contribution in [0.3, 0.4) is 0 Å². The number of rotatable bonds is 1. The summed E-state index contributed by atoms with van der Waals surface area (Å²) >= 11 is 1.44. The van der Waals surface area contributed by atoms with Crippen LogP contribution in [0.2, 0.25) is 0 Å². The predicted molar refractivity (Wildman–Crippen MR) is 63.6 cm³/mol. The maximum atomic E-state index is 8.83. The Kier molecular flexibility index (Phi) is 2.44. The highest BCUT2D eigenvalue weighted by Gasteiger charge is 2.08. The molecule has 0 fully saturated rings. The molecule has 3 heteroatoms. The number of thiophene rings is 1. The zero-order chi connectivity index (χ0) is 10.8. The summed E-state index contributed by atoms with van der Waals surface area (Å²) in [6.45, 7) is 2.05. The Morgan fingerprint density at radius 1 is 1.33 bits per heavy atom. The molecule has 0 spiro atoms.